The second-order valence-electron chi connectivity index (χ2n) is 11.7. The Morgan fingerprint density at radius 3 is 1.76 bits per heavy atom. The van der Waals surface area contributed by atoms with Gasteiger partial charge in [-0.25, -0.2) is 4.79 Å². The van der Waals surface area contributed by atoms with Crippen molar-refractivity contribution in [2.45, 2.75) is 58.0 Å². The summed E-state index contributed by atoms with van der Waals surface area (Å²) in [6.07, 6.45) is -1.27. The molecule has 0 bridgehead atoms. The lowest BCUT2D eigenvalue weighted by Gasteiger charge is -2.27. The molecule has 49 heavy (non-hydrogen) atoms. The van der Waals surface area contributed by atoms with Crippen LogP contribution in [0.4, 0.5) is 13.6 Å². The molecule has 0 radical (unpaired) electrons. The Morgan fingerprint density at radius 1 is 0.673 bits per heavy atom. The maximum atomic E-state index is 15.5. The van der Waals surface area contributed by atoms with Gasteiger partial charge in [-0.3, -0.25) is 14.4 Å². The van der Waals surface area contributed by atoms with Crippen molar-refractivity contribution in [1.29, 1.82) is 0 Å². The molecule has 4 aromatic rings. The summed E-state index contributed by atoms with van der Waals surface area (Å²) in [6, 6.07) is 30.1. The Balaban J connectivity index is 1.48. The summed E-state index contributed by atoms with van der Waals surface area (Å²) in [5.41, 5.74) is 2.65. The molecule has 0 saturated carbocycles. The first-order valence-corrected chi connectivity index (χ1v) is 15.8. The highest BCUT2D eigenvalue weighted by Gasteiger charge is 2.50. The van der Waals surface area contributed by atoms with Gasteiger partial charge in [0.2, 0.25) is 11.7 Å². The van der Waals surface area contributed by atoms with Crippen molar-refractivity contribution >= 4 is 23.7 Å². The molecule has 0 aliphatic carbocycles. The van der Waals surface area contributed by atoms with E-state index in [1.807, 2.05) is 36.4 Å². The highest BCUT2D eigenvalue weighted by atomic mass is 19.3. The molecule has 0 fully saturated rings. The van der Waals surface area contributed by atoms with E-state index in [0.717, 1.165) is 11.1 Å². The summed E-state index contributed by atoms with van der Waals surface area (Å²) < 4.78 is 41.9. The van der Waals surface area contributed by atoms with Gasteiger partial charge in [0.05, 0.1) is 6.04 Å². The van der Waals surface area contributed by atoms with E-state index in [9.17, 15) is 19.2 Å². The predicted molar refractivity (Wildman–Crippen MR) is 179 cm³/mol. The summed E-state index contributed by atoms with van der Waals surface area (Å²) in [6.45, 7) is 3.29. The molecule has 11 heteroatoms. The van der Waals surface area contributed by atoms with Crippen LogP contribution in [0.5, 0.6) is 5.75 Å². The van der Waals surface area contributed by atoms with Gasteiger partial charge in [0, 0.05) is 13.0 Å². The third-order valence-electron chi connectivity index (χ3n) is 7.57. The number of alkyl halides is 2. The van der Waals surface area contributed by atoms with Crippen LogP contribution < -0.4 is 20.7 Å². The van der Waals surface area contributed by atoms with Crippen LogP contribution in [0.25, 0.3) is 0 Å². The van der Waals surface area contributed by atoms with E-state index in [4.69, 9.17) is 9.47 Å². The molecule has 0 spiro atoms. The molecule has 4 rings (SSSR count). The van der Waals surface area contributed by atoms with Crippen LogP contribution in [-0.2, 0) is 45.3 Å². The number of hydrogen-bond acceptors (Lipinski definition) is 6. The number of carbonyl (C=O) groups is 4. The normalized spacial score (nSPS) is 12.3. The van der Waals surface area contributed by atoms with E-state index < -0.39 is 47.6 Å². The number of hydrogen-bond donors (Lipinski definition) is 3. The molecule has 2 atom stereocenters. The number of ketones is 1. The minimum atomic E-state index is -4.49. The van der Waals surface area contributed by atoms with Crippen molar-refractivity contribution in [2.75, 3.05) is 0 Å². The van der Waals surface area contributed by atoms with E-state index in [2.05, 4.69) is 16.0 Å². The molecule has 4 aromatic carbocycles. The summed E-state index contributed by atoms with van der Waals surface area (Å²) in [5.74, 6) is -8.99. The first-order valence-electron chi connectivity index (χ1n) is 15.8. The Kier molecular flexibility index (Phi) is 13.0. The highest BCUT2D eigenvalue weighted by molar-refractivity contribution is 6.10. The number of amides is 3. The molecular weight excluding hydrogens is 632 g/mol. The van der Waals surface area contributed by atoms with Crippen LogP contribution in [0.3, 0.4) is 0 Å². The van der Waals surface area contributed by atoms with Crippen molar-refractivity contribution in [3.63, 3.8) is 0 Å². The Labute approximate surface area is 284 Å². The smallest absolute Gasteiger partial charge is 0.408 e. The van der Waals surface area contributed by atoms with Gasteiger partial charge in [-0.2, -0.15) is 8.78 Å². The summed E-state index contributed by atoms with van der Waals surface area (Å²) in [4.78, 5) is 52.1. The summed E-state index contributed by atoms with van der Waals surface area (Å²) in [7, 11) is 0. The molecule has 0 aromatic heterocycles. The number of alkyl carbamates (subject to hydrolysis) is 1. The fourth-order valence-electron chi connectivity index (χ4n) is 4.82. The number of ether oxygens (including phenoxy) is 2. The van der Waals surface area contributed by atoms with Gasteiger partial charge in [0.1, 0.15) is 25.0 Å². The maximum absolute atomic E-state index is 15.5. The number of nitrogens with one attached hydrogen (secondary N) is 3. The van der Waals surface area contributed by atoms with Crippen molar-refractivity contribution in [1.82, 2.24) is 16.0 Å². The summed E-state index contributed by atoms with van der Waals surface area (Å²) in [5, 5.41) is 6.94. The first-order chi connectivity index (χ1) is 23.5. The maximum Gasteiger partial charge on any atom is 0.408 e. The molecule has 9 nitrogen and oxygen atoms in total. The monoisotopic (exact) mass is 671 g/mol. The van der Waals surface area contributed by atoms with Crippen LogP contribution in [0.1, 0.15) is 36.1 Å². The lowest BCUT2D eigenvalue weighted by molar-refractivity contribution is -0.160. The van der Waals surface area contributed by atoms with Crippen LogP contribution >= 0.6 is 0 Å². The van der Waals surface area contributed by atoms with Gasteiger partial charge in [-0.05, 0) is 40.3 Å². The predicted octanol–water partition coefficient (Wildman–Crippen LogP) is 5.76. The van der Waals surface area contributed by atoms with E-state index >= 15 is 8.78 Å². The van der Waals surface area contributed by atoms with Crippen LogP contribution in [0, 0.1) is 5.92 Å². The van der Waals surface area contributed by atoms with E-state index in [1.165, 1.54) is 0 Å². The minimum Gasteiger partial charge on any atom is -0.489 e. The SMILES string of the molecule is CC(C)C(NC(=O)OCc1ccccc1)C(=O)N[C@@H](Cc1ccc(OCc2ccccc2)cc1)C(=O)C(F)(F)C(=O)NCc1ccccc1. The topological polar surface area (TPSA) is 123 Å². The quantitative estimate of drug-likeness (QED) is 0.130. The molecule has 1 unspecified atom stereocenters. The number of rotatable bonds is 16. The molecule has 3 amide bonds. The van der Waals surface area contributed by atoms with Crippen LogP contribution in [0.15, 0.2) is 115 Å². The second-order valence-corrected chi connectivity index (χ2v) is 11.7. The molecule has 0 saturated heterocycles. The number of halogens is 2. The molecular formula is C38H39F2N3O6. The van der Waals surface area contributed by atoms with Crippen molar-refractivity contribution < 1.29 is 37.4 Å². The third-order valence-corrected chi connectivity index (χ3v) is 7.57. The average molecular weight is 672 g/mol. The van der Waals surface area contributed by atoms with Crippen molar-refractivity contribution in [3.05, 3.63) is 138 Å². The standard InChI is InChI=1S/C38H39F2N3O6/c1-26(2)33(43-37(47)49-25-30-16-10-5-11-17-30)35(45)42-32(34(44)38(39,40)36(46)41-23-28-12-6-3-7-13-28)22-27-18-20-31(21-19-27)48-24-29-14-8-4-9-15-29/h3-21,26,32-33H,22-25H2,1-2H3,(H,41,46)(H,42,45)(H,43,47)/t32-,33?/m0/s1. The zero-order valence-electron chi connectivity index (χ0n) is 27.2. The van der Waals surface area contributed by atoms with Gasteiger partial charge in [0.25, 0.3) is 5.91 Å². The van der Waals surface area contributed by atoms with Crippen molar-refractivity contribution in [2.24, 2.45) is 5.92 Å². The zero-order valence-corrected chi connectivity index (χ0v) is 27.2. The van der Waals surface area contributed by atoms with Gasteiger partial charge in [-0.15, -0.1) is 0 Å². The molecule has 0 aliphatic heterocycles. The Morgan fingerprint density at radius 2 is 1.20 bits per heavy atom. The van der Waals surface area contributed by atoms with Gasteiger partial charge in [0.15, 0.2) is 0 Å². The number of Topliss-reactive ketones (excluding diaryl/α,β-unsaturated/α-hetero) is 1. The average Bonchev–Trinajstić information content (AvgIpc) is 3.12. The van der Waals surface area contributed by atoms with E-state index in [0.29, 0.717) is 23.5 Å². The number of benzene rings is 4. The van der Waals surface area contributed by atoms with Crippen molar-refractivity contribution in [3.8, 4) is 5.75 Å². The molecule has 0 aliphatic rings. The van der Waals surface area contributed by atoms with E-state index in [-0.39, 0.29) is 19.6 Å². The number of carbonyl (C=O) groups excluding carboxylic acids is 4. The van der Waals surface area contributed by atoms with E-state index in [1.54, 1.807) is 92.7 Å². The van der Waals surface area contributed by atoms with Gasteiger partial charge >= 0.3 is 12.0 Å². The largest absolute Gasteiger partial charge is 0.489 e. The molecule has 256 valence electrons. The molecule has 0 heterocycles. The molecule has 3 N–H and O–H groups in total. The van der Waals surface area contributed by atoms with Crippen LogP contribution in [-0.4, -0.2) is 41.7 Å². The van der Waals surface area contributed by atoms with Gasteiger partial charge in [-0.1, -0.05) is 117 Å². The first kappa shape index (κ1) is 36.3. The minimum absolute atomic E-state index is 0.0599. The lowest BCUT2D eigenvalue weighted by atomic mass is 9.96. The Hall–Kier alpha value is -5.58. The van der Waals surface area contributed by atoms with Gasteiger partial charge < -0.3 is 25.4 Å². The Bertz CT molecular complexity index is 1670. The third kappa shape index (κ3) is 11.0. The lowest BCUT2D eigenvalue weighted by Crippen LogP contribution is -2.59. The fourth-order valence-corrected chi connectivity index (χ4v) is 4.82. The second kappa shape index (κ2) is 17.5. The fraction of sp³-hybridized carbons (Fsp3) is 0.263. The summed E-state index contributed by atoms with van der Waals surface area (Å²) >= 11 is 0. The highest BCUT2D eigenvalue weighted by Crippen LogP contribution is 2.22. The van der Waals surface area contributed by atoms with Crippen LogP contribution in [0.2, 0.25) is 0 Å². The zero-order chi connectivity index (χ0) is 35.2.